The van der Waals surface area contributed by atoms with E-state index in [0.717, 1.165) is 0 Å². The van der Waals surface area contributed by atoms with Crippen molar-refractivity contribution in [3.8, 4) is 11.8 Å². The minimum atomic E-state index is 0.111. The van der Waals surface area contributed by atoms with Gasteiger partial charge in [0.1, 0.15) is 0 Å². The van der Waals surface area contributed by atoms with Gasteiger partial charge >= 0.3 is 0 Å². The highest BCUT2D eigenvalue weighted by Gasteiger charge is 1.92. The van der Waals surface area contributed by atoms with Crippen molar-refractivity contribution >= 4 is 28.5 Å². The third-order valence-corrected chi connectivity index (χ3v) is 2.36. The highest BCUT2D eigenvalue weighted by atomic mass is 35.5. The van der Waals surface area contributed by atoms with Crippen LogP contribution in [0.1, 0.15) is 19.2 Å². The van der Waals surface area contributed by atoms with Crippen molar-refractivity contribution < 1.29 is 4.79 Å². The van der Waals surface area contributed by atoms with Gasteiger partial charge in [0.2, 0.25) is 5.82 Å². The van der Waals surface area contributed by atoms with Gasteiger partial charge in [0.05, 0.1) is 17.4 Å². The Balaban J connectivity index is 2.38. The maximum absolute atomic E-state index is 10.6. The molecule has 0 fully saturated rings. The van der Waals surface area contributed by atoms with E-state index in [9.17, 15) is 4.79 Å². The molecule has 1 aromatic rings. The van der Waals surface area contributed by atoms with E-state index in [-0.39, 0.29) is 5.12 Å². The number of hydrogen-bond acceptors (Lipinski definition) is 4. The predicted octanol–water partition coefficient (Wildman–Crippen LogP) is 2.15. The zero-order valence-corrected chi connectivity index (χ0v) is 9.73. The quantitative estimate of drug-likeness (QED) is 0.587. The number of nitrogens with zero attached hydrogens (tertiary/aromatic N) is 2. The van der Waals surface area contributed by atoms with Crippen molar-refractivity contribution in [1.29, 1.82) is 0 Å². The fourth-order valence-corrected chi connectivity index (χ4v) is 1.35. The molecule has 5 heteroatoms. The molecule has 78 valence electrons. The fourth-order valence-electron chi connectivity index (χ4n) is 0.764. The molecular formula is C10H9ClN2OS. The van der Waals surface area contributed by atoms with Gasteiger partial charge in [0.15, 0.2) is 5.12 Å². The van der Waals surface area contributed by atoms with Crippen LogP contribution in [0.5, 0.6) is 0 Å². The van der Waals surface area contributed by atoms with Gasteiger partial charge in [-0.1, -0.05) is 29.3 Å². The van der Waals surface area contributed by atoms with Crippen molar-refractivity contribution in [2.45, 2.75) is 13.3 Å². The van der Waals surface area contributed by atoms with E-state index < -0.39 is 0 Å². The van der Waals surface area contributed by atoms with Crippen LogP contribution in [0.25, 0.3) is 0 Å². The van der Waals surface area contributed by atoms with E-state index in [1.165, 1.54) is 24.2 Å². The fraction of sp³-hybridized carbons (Fsp3) is 0.300. The third-order valence-electron chi connectivity index (χ3n) is 1.35. The maximum atomic E-state index is 10.6. The number of aromatic nitrogens is 2. The zero-order valence-electron chi connectivity index (χ0n) is 8.16. The van der Waals surface area contributed by atoms with Crippen molar-refractivity contribution in [1.82, 2.24) is 9.97 Å². The summed E-state index contributed by atoms with van der Waals surface area (Å²) in [6.45, 7) is 1.54. The van der Waals surface area contributed by atoms with Gasteiger partial charge in [-0.15, -0.1) is 0 Å². The first-order valence-corrected chi connectivity index (χ1v) is 5.64. The topological polar surface area (TPSA) is 42.9 Å². The highest BCUT2D eigenvalue weighted by molar-refractivity contribution is 8.13. The lowest BCUT2D eigenvalue weighted by Gasteiger charge is -1.89. The predicted molar refractivity (Wildman–Crippen MR) is 61.7 cm³/mol. The summed E-state index contributed by atoms with van der Waals surface area (Å²) in [7, 11) is 0. The summed E-state index contributed by atoms with van der Waals surface area (Å²) in [5.41, 5.74) is 0. The first-order valence-electron chi connectivity index (χ1n) is 4.28. The Bertz CT molecular complexity index is 394. The average Bonchev–Trinajstić information content (AvgIpc) is 2.20. The summed E-state index contributed by atoms with van der Waals surface area (Å²) in [5.74, 6) is 6.83. The van der Waals surface area contributed by atoms with Crippen LogP contribution in [-0.2, 0) is 4.79 Å². The second-order valence-corrected chi connectivity index (χ2v) is 4.32. The van der Waals surface area contributed by atoms with Gasteiger partial charge in [-0.25, -0.2) is 9.97 Å². The van der Waals surface area contributed by atoms with Crippen molar-refractivity contribution in [2.75, 3.05) is 5.75 Å². The van der Waals surface area contributed by atoms with E-state index >= 15 is 0 Å². The Morgan fingerprint density at radius 2 is 2.20 bits per heavy atom. The summed E-state index contributed by atoms with van der Waals surface area (Å²) in [4.78, 5) is 18.4. The summed E-state index contributed by atoms with van der Waals surface area (Å²) in [6.07, 6.45) is 3.65. The number of thioether (sulfide) groups is 1. The van der Waals surface area contributed by atoms with Crippen molar-refractivity contribution in [3.05, 3.63) is 23.2 Å². The van der Waals surface area contributed by atoms with E-state index in [1.807, 2.05) is 0 Å². The molecule has 0 radical (unpaired) electrons. The van der Waals surface area contributed by atoms with Crippen LogP contribution in [0.3, 0.4) is 0 Å². The smallest absolute Gasteiger partial charge is 0.204 e. The minimum absolute atomic E-state index is 0.111. The van der Waals surface area contributed by atoms with Crippen LogP contribution < -0.4 is 0 Å². The Kier molecular flexibility index (Phi) is 5.16. The van der Waals surface area contributed by atoms with Gasteiger partial charge in [-0.2, -0.15) is 0 Å². The van der Waals surface area contributed by atoms with Gasteiger partial charge in [0, 0.05) is 19.1 Å². The summed E-state index contributed by atoms with van der Waals surface area (Å²) >= 11 is 6.88. The Morgan fingerprint density at radius 3 is 2.80 bits per heavy atom. The molecule has 1 aromatic heterocycles. The Morgan fingerprint density at radius 1 is 1.53 bits per heavy atom. The van der Waals surface area contributed by atoms with Crippen LogP contribution in [0.15, 0.2) is 12.4 Å². The molecular weight excluding hydrogens is 232 g/mol. The maximum Gasteiger partial charge on any atom is 0.204 e. The van der Waals surface area contributed by atoms with Crippen LogP contribution in [0.4, 0.5) is 0 Å². The Labute approximate surface area is 97.6 Å². The van der Waals surface area contributed by atoms with Crippen molar-refractivity contribution in [3.63, 3.8) is 0 Å². The molecule has 0 amide bonds. The number of carbonyl (C=O) groups is 1. The molecule has 0 unspecified atom stereocenters. The number of carbonyl (C=O) groups excluding carboxylic acids is 1. The average molecular weight is 241 g/mol. The molecule has 0 aliphatic rings. The molecule has 0 aliphatic heterocycles. The number of halogens is 1. The molecule has 3 nitrogen and oxygen atoms in total. The van der Waals surface area contributed by atoms with Crippen LogP contribution in [0.2, 0.25) is 5.02 Å². The van der Waals surface area contributed by atoms with E-state index in [1.54, 1.807) is 6.92 Å². The Hall–Kier alpha value is -1.05. The molecule has 0 spiro atoms. The van der Waals surface area contributed by atoms with Gasteiger partial charge in [-0.05, 0) is 5.92 Å². The van der Waals surface area contributed by atoms with Crippen LogP contribution >= 0.6 is 23.4 Å². The molecule has 0 bridgehead atoms. The standard InChI is InChI=1S/C10H9ClN2OS/c1-8(14)15-5-3-2-4-10-12-6-9(11)7-13-10/h6-7H,3,5H2,1H3. The van der Waals surface area contributed by atoms with Gasteiger partial charge in [0.25, 0.3) is 0 Å². The monoisotopic (exact) mass is 240 g/mol. The van der Waals surface area contributed by atoms with Gasteiger partial charge < -0.3 is 0 Å². The van der Waals surface area contributed by atoms with E-state index in [2.05, 4.69) is 21.8 Å². The summed E-state index contributed by atoms with van der Waals surface area (Å²) in [5, 5.41) is 0.604. The summed E-state index contributed by atoms with van der Waals surface area (Å²) in [6, 6.07) is 0. The molecule has 15 heavy (non-hydrogen) atoms. The number of rotatable bonds is 2. The molecule has 1 heterocycles. The lowest BCUT2D eigenvalue weighted by atomic mass is 10.4. The van der Waals surface area contributed by atoms with E-state index in [4.69, 9.17) is 11.6 Å². The van der Waals surface area contributed by atoms with Gasteiger partial charge in [-0.3, -0.25) is 4.79 Å². The highest BCUT2D eigenvalue weighted by Crippen LogP contribution is 2.03. The SMILES string of the molecule is CC(=O)SCCC#Cc1ncc(Cl)cn1. The lowest BCUT2D eigenvalue weighted by molar-refractivity contribution is -0.109. The summed E-state index contributed by atoms with van der Waals surface area (Å²) < 4.78 is 0. The van der Waals surface area contributed by atoms with E-state index in [0.29, 0.717) is 23.0 Å². The molecule has 0 aromatic carbocycles. The lowest BCUT2D eigenvalue weighted by Crippen LogP contribution is -1.87. The number of hydrogen-bond donors (Lipinski definition) is 0. The molecule has 0 N–H and O–H groups in total. The molecule has 0 aliphatic carbocycles. The molecule has 0 atom stereocenters. The largest absolute Gasteiger partial charge is 0.288 e. The minimum Gasteiger partial charge on any atom is -0.288 e. The van der Waals surface area contributed by atoms with Crippen LogP contribution in [0, 0.1) is 11.8 Å². The van der Waals surface area contributed by atoms with Crippen LogP contribution in [-0.4, -0.2) is 20.8 Å². The molecule has 0 saturated heterocycles. The zero-order chi connectivity index (χ0) is 11.1. The second-order valence-electron chi connectivity index (χ2n) is 2.62. The normalized spacial score (nSPS) is 9.20. The third kappa shape index (κ3) is 5.40. The first kappa shape index (κ1) is 12.0. The van der Waals surface area contributed by atoms with Crippen molar-refractivity contribution in [2.24, 2.45) is 0 Å². The second kappa shape index (κ2) is 6.44. The molecule has 1 rings (SSSR count). The first-order chi connectivity index (χ1) is 7.18. The molecule has 0 saturated carbocycles.